The van der Waals surface area contributed by atoms with Crippen molar-refractivity contribution in [2.45, 2.75) is 32.5 Å². The van der Waals surface area contributed by atoms with Gasteiger partial charge in [0.25, 0.3) is 0 Å². The number of aldehydes is 1. The third kappa shape index (κ3) is 2.18. The van der Waals surface area contributed by atoms with Crippen LogP contribution in [-0.4, -0.2) is 12.6 Å². The summed E-state index contributed by atoms with van der Waals surface area (Å²) in [7, 11) is 0. The molecule has 1 heterocycles. The van der Waals surface area contributed by atoms with Gasteiger partial charge >= 0.3 is 0 Å². The zero-order chi connectivity index (χ0) is 11.4. The molecule has 1 aromatic rings. The summed E-state index contributed by atoms with van der Waals surface area (Å²) in [6.45, 7) is 2.10. The van der Waals surface area contributed by atoms with Crippen molar-refractivity contribution < 1.29 is 14.3 Å². The maximum Gasteiger partial charge on any atom is 0.244 e. The first kappa shape index (κ1) is 11.0. The van der Waals surface area contributed by atoms with Gasteiger partial charge < -0.3 is 14.3 Å². The molecule has 0 saturated carbocycles. The number of para-hydroxylation sites is 2. The van der Waals surface area contributed by atoms with Crippen molar-refractivity contribution in [3.8, 4) is 11.5 Å². The Kier molecular flexibility index (Phi) is 3.44. The Balaban J connectivity index is 2.05. The van der Waals surface area contributed by atoms with E-state index in [0.29, 0.717) is 6.42 Å². The molecule has 0 fully saturated rings. The van der Waals surface area contributed by atoms with E-state index >= 15 is 0 Å². The molecule has 1 unspecified atom stereocenters. The fraction of sp³-hybridized carbons (Fsp3) is 0.462. The third-order valence-electron chi connectivity index (χ3n) is 2.78. The van der Waals surface area contributed by atoms with Gasteiger partial charge in [-0.3, -0.25) is 0 Å². The van der Waals surface area contributed by atoms with Crippen molar-refractivity contribution in [1.82, 2.24) is 0 Å². The quantitative estimate of drug-likeness (QED) is 0.716. The van der Waals surface area contributed by atoms with Gasteiger partial charge in [0.05, 0.1) is 0 Å². The molecule has 3 heteroatoms. The Morgan fingerprint density at radius 3 is 2.44 bits per heavy atom. The van der Waals surface area contributed by atoms with Crippen LogP contribution in [0.4, 0.5) is 0 Å². The largest absolute Gasteiger partial charge is 0.451 e. The molecule has 86 valence electrons. The molecule has 1 aliphatic rings. The summed E-state index contributed by atoms with van der Waals surface area (Å²) in [5.74, 6) is 1.70. The maximum absolute atomic E-state index is 10.6. The van der Waals surface area contributed by atoms with Crippen molar-refractivity contribution in [2.75, 3.05) is 0 Å². The molecule has 0 N–H and O–H groups in total. The molecule has 1 aliphatic heterocycles. The predicted octanol–water partition coefficient (Wildman–Crippen LogP) is 2.79. The second-order valence-electron chi connectivity index (χ2n) is 4.00. The molecule has 0 bridgehead atoms. The second kappa shape index (κ2) is 5.01. The molecule has 0 amide bonds. The fourth-order valence-corrected chi connectivity index (χ4v) is 1.97. The van der Waals surface area contributed by atoms with Crippen LogP contribution in [-0.2, 0) is 4.79 Å². The second-order valence-corrected chi connectivity index (χ2v) is 4.00. The summed E-state index contributed by atoms with van der Waals surface area (Å²) in [6, 6.07) is 7.61. The van der Waals surface area contributed by atoms with Crippen LogP contribution in [0.5, 0.6) is 11.5 Å². The number of benzene rings is 1. The lowest BCUT2D eigenvalue weighted by Gasteiger charge is -2.19. The average molecular weight is 220 g/mol. The average Bonchev–Trinajstić information content (AvgIpc) is 2.72. The zero-order valence-electron chi connectivity index (χ0n) is 9.39. The lowest BCUT2D eigenvalue weighted by molar-refractivity contribution is -0.111. The van der Waals surface area contributed by atoms with Crippen LogP contribution in [0.2, 0.25) is 0 Å². The first-order valence-corrected chi connectivity index (χ1v) is 5.71. The van der Waals surface area contributed by atoms with E-state index < -0.39 is 0 Å². The molecule has 3 nitrogen and oxygen atoms in total. The summed E-state index contributed by atoms with van der Waals surface area (Å²) in [4.78, 5) is 10.6. The van der Waals surface area contributed by atoms with E-state index in [4.69, 9.17) is 9.47 Å². The van der Waals surface area contributed by atoms with Gasteiger partial charge in [-0.1, -0.05) is 25.5 Å². The van der Waals surface area contributed by atoms with E-state index in [0.717, 1.165) is 30.6 Å². The van der Waals surface area contributed by atoms with Crippen molar-refractivity contribution in [3.63, 3.8) is 0 Å². The standard InChI is InChI=1S/C13H16O3/c1-2-5-10(8-9-14)13-15-11-6-3-4-7-12(11)16-13/h3-4,6-7,9-10,13H,2,5,8H2,1H3. The van der Waals surface area contributed by atoms with Crippen LogP contribution in [0, 0.1) is 5.92 Å². The number of carbonyl (C=O) groups excluding carboxylic acids is 1. The van der Waals surface area contributed by atoms with Gasteiger partial charge in [-0.05, 0) is 18.6 Å². The molecule has 0 radical (unpaired) electrons. The van der Waals surface area contributed by atoms with Gasteiger partial charge in [-0.15, -0.1) is 0 Å². The minimum Gasteiger partial charge on any atom is -0.451 e. The van der Waals surface area contributed by atoms with Gasteiger partial charge in [0.2, 0.25) is 6.29 Å². The van der Waals surface area contributed by atoms with Crippen LogP contribution in [0.25, 0.3) is 0 Å². The van der Waals surface area contributed by atoms with E-state index in [9.17, 15) is 4.79 Å². The van der Waals surface area contributed by atoms with Gasteiger partial charge in [0.15, 0.2) is 11.5 Å². The van der Waals surface area contributed by atoms with Crippen molar-refractivity contribution in [2.24, 2.45) is 5.92 Å². The normalized spacial score (nSPS) is 16.1. The Labute approximate surface area is 95.4 Å². The summed E-state index contributed by atoms with van der Waals surface area (Å²) in [5, 5.41) is 0. The monoisotopic (exact) mass is 220 g/mol. The molecule has 16 heavy (non-hydrogen) atoms. The van der Waals surface area contributed by atoms with Crippen molar-refractivity contribution >= 4 is 6.29 Å². The zero-order valence-corrected chi connectivity index (χ0v) is 9.39. The summed E-state index contributed by atoms with van der Waals surface area (Å²) < 4.78 is 11.4. The highest BCUT2D eigenvalue weighted by molar-refractivity contribution is 5.50. The topological polar surface area (TPSA) is 35.5 Å². The van der Waals surface area contributed by atoms with Crippen LogP contribution in [0.3, 0.4) is 0 Å². The molecule has 0 spiro atoms. The number of fused-ring (bicyclic) bond motifs is 1. The third-order valence-corrected chi connectivity index (χ3v) is 2.78. The van der Waals surface area contributed by atoms with Crippen LogP contribution < -0.4 is 9.47 Å². The molecular weight excluding hydrogens is 204 g/mol. The van der Waals surface area contributed by atoms with Gasteiger partial charge in [-0.25, -0.2) is 0 Å². The molecule has 0 aliphatic carbocycles. The van der Waals surface area contributed by atoms with Crippen molar-refractivity contribution in [3.05, 3.63) is 24.3 Å². The minimum atomic E-state index is -0.303. The molecule has 2 rings (SSSR count). The van der Waals surface area contributed by atoms with Gasteiger partial charge in [-0.2, -0.15) is 0 Å². The van der Waals surface area contributed by atoms with E-state index in [2.05, 4.69) is 6.92 Å². The smallest absolute Gasteiger partial charge is 0.244 e. The Bertz CT molecular complexity index is 337. The number of carbonyl (C=O) groups is 1. The van der Waals surface area contributed by atoms with E-state index in [-0.39, 0.29) is 12.2 Å². The lowest BCUT2D eigenvalue weighted by atomic mass is 10.00. The van der Waals surface area contributed by atoms with Crippen molar-refractivity contribution in [1.29, 1.82) is 0 Å². The van der Waals surface area contributed by atoms with Gasteiger partial charge in [0.1, 0.15) is 6.29 Å². The van der Waals surface area contributed by atoms with E-state index in [1.54, 1.807) is 0 Å². The summed E-state index contributed by atoms with van der Waals surface area (Å²) in [5.41, 5.74) is 0. The van der Waals surface area contributed by atoms with Crippen LogP contribution >= 0.6 is 0 Å². The highest BCUT2D eigenvalue weighted by atomic mass is 16.7. The fourth-order valence-electron chi connectivity index (χ4n) is 1.97. The molecule has 0 saturated heterocycles. The molecule has 1 atom stereocenters. The molecule has 1 aromatic carbocycles. The van der Waals surface area contributed by atoms with E-state index in [1.807, 2.05) is 24.3 Å². The Hall–Kier alpha value is -1.51. The first-order chi connectivity index (χ1) is 7.85. The van der Waals surface area contributed by atoms with Crippen LogP contribution in [0.15, 0.2) is 24.3 Å². The van der Waals surface area contributed by atoms with Gasteiger partial charge in [0, 0.05) is 12.3 Å². The lowest BCUT2D eigenvalue weighted by Crippen LogP contribution is -2.29. The minimum absolute atomic E-state index is 0.148. The Morgan fingerprint density at radius 2 is 1.94 bits per heavy atom. The summed E-state index contributed by atoms with van der Waals surface area (Å²) >= 11 is 0. The Morgan fingerprint density at radius 1 is 1.31 bits per heavy atom. The molecule has 0 aromatic heterocycles. The number of hydrogen-bond donors (Lipinski definition) is 0. The number of ether oxygens (including phenoxy) is 2. The number of rotatable bonds is 5. The van der Waals surface area contributed by atoms with E-state index in [1.165, 1.54) is 0 Å². The highest BCUT2D eigenvalue weighted by Crippen LogP contribution is 2.37. The van der Waals surface area contributed by atoms with Crippen LogP contribution in [0.1, 0.15) is 26.2 Å². The maximum atomic E-state index is 10.6. The predicted molar refractivity (Wildman–Crippen MR) is 60.6 cm³/mol. The molecular formula is C13H16O3. The highest BCUT2D eigenvalue weighted by Gasteiger charge is 2.30. The first-order valence-electron chi connectivity index (χ1n) is 5.71. The number of hydrogen-bond acceptors (Lipinski definition) is 3. The SMILES string of the molecule is CCCC(CC=O)C1Oc2ccccc2O1. The summed E-state index contributed by atoms with van der Waals surface area (Å²) in [6.07, 6.45) is 3.10.